The number of thiophene rings is 1. The molecule has 1 aliphatic rings. The van der Waals surface area contributed by atoms with Crippen LogP contribution in [0.2, 0.25) is 0 Å². The number of ether oxygens (including phenoxy) is 2. The SMILES string of the molecule is O=S(=O)(NCCC1OCCO1)c1ccc(Br)s1. The van der Waals surface area contributed by atoms with Crippen molar-refractivity contribution in [2.24, 2.45) is 0 Å². The van der Waals surface area contributed by atoms with Crippen molar-refractivity contribution in [1.29, 1.82) is 0 Å². The Morgan fingerprint density at radius 1 is 1.41 bits per heavy atom. The van der Waals surface area contributed by atoms with E-state index in [1.807, 2.05) is 0 Å². The second-order valence-corrected chi connectivity index (χ2v) is 7.87. The van der Waals surface area contributed by atoms with Crippen molar-refractivity contribution < 1.29 is 17.9 Å². The molecular formula is C9H12BrNO4S2. The van der Waals surface area contributed by atoms with E-state index in [1.54, 1.807) is 12.1 Å². The van der Waals surface area contributed by atoms with Crippen LogP contribution in [0.1, 0.15) is 6.42 Å². The lowest BCUT2D eigenvalue weighted by molar-refractivity contribution is -0.0451. The molecule has 2 heterocycles. The van der Waals surface area contributed by atoms with Crippen LogP contribution in [0, 0.1) is 0 Å². The summed E-state index contributed by atoms with van der Waals surface area (Å²) in [7, 11) is -3.40. The molecule has 0 aliphatic carbocycles. The van der Waals surface area contributed by atoms with Crippen molar-refractivity contribution in [1.82, 2.24) is 4.72 Å². The van der Waals surface area contributed by atoms with Gasteiger partial charge in [0.05, 0.1) is 17.0 Å². The van der Waals surface area contributed by atoms with Crippen molar-refractivity contribution in [2.45, 2.75) is 16.9 Å². The summed E-state index contributed by atoms with van der Waals surface area (Å²) in [4.78, 5) is 0. The number of hydrogen-bond acceptors (Lipinski definition) is 5. The largest absolute Gasteiger partial charge is 0.350 e. The predicted octanol–water partition coefficient (Wildman–Crippen LogP) is 1.55. The van der Waals surface area contributed by atoms with Crippen molar-refractivity contribution in [3.05, 3.63) is 15.9 Å². The van der Waals surface area contributed by atoms with Gasteiger partial charge in [0.25, 0.3) is 0 Å². The Bertz CT molecular complexity index is 467. The highest BCUT2D eigenvalue weighted by Crippen LogP contribution is 2.25. The molecule has 0 radical (unpaired) electrons. The van der Waals surface area contributed by atoms with Crippen LogP contribution < -0.4 is 4.72 Å². The molecule has 1 N–H and O–H groups in total. The van der Waals surface area contributed by atoms with Crippen molar-refractivity contribution in [3.63, 3.8) is 0 Å². The highest BCUT2D eigenvalue weighted by Gasteiger charge is 2.19. The first-order valence-corrected chi connectivity index (χ1v) is 8.15. The minimum absolute atomic E-state index is 0.284. The Morgan fingerprint density at radius 2 is 2.12 bits per heavy atom. The quantitative estimate of drug-likeness (QED) is 0.882. The van der Waals surface area contributed by atoms with Gasteiger partial charge in [-0.25, -0.2) is 13.1 Å². The second kappa shape index (κ2) is 5.77. The van der Waals surface area contributed by atoms with Gasteiger partial charge >= 0.3 is 0 Å². The molecule has 0 aromatic carbocycles. The van der Waals surface area contributed by atoms with E-state index in [-0.39, 0.29) is 6.29 Å². The predicted molar refractivity (Wildman–Crippen MR) is 67.5 cm³/mol. The highest BCUT2D eigenvalue weighted by molar-refractivity contribution is 9.11. The fourth-order valence-electron chi connectivity index (χ4n) is 1.40. The molecule has 1 aromatic heterocycles. The second-order valence-electron chi connectivity index (χ2n) is 3.42. The molecule has 1 saturated heterocycles. The average molecular weight is 342 g/mol. The summed E-state index contributed by atoms with van der Waals surface area (Å²) >= 11 is 4.41. The van der Waals surface area contributed by atoms with Gasteiger partial charge in [-0.3, -0.25) is 0 Å². The topological polar surface area (TPSA) is 64.6 Å². The minimum atomic E-state index is -3.40. The van der Waals surface area contributed by atoms with E-state index >= 15 is 0 Å². The van der Waals surface area contributed by atoms with E-state index < -0.39 is 10.0 Å². The molecule has 8 heteroatoms. The average Bonchev–Trinajstić information content (AvgIpc) is 2.89. The highest BCUT2D eigenvalue weighted by atomic mass is 79.9. The van der Waals surface area contributed by atoms with Gasteiger partial charge in [-0.05, 0) is 28.1 Å². The molecular weight excluding hydrogens is 330 g/mol. The number of halogens is 1. The first-order chi connectivity index (χ1) is 8.08. The van der Waals surface area contributed by atoms with Crippen LogP contribution >= 0.6 is 27.3 Å². The lowest BCUT2D eigenvalue weighted by atomic mass is 10.4. The maximum Gasteiger partial charge on any atom is 0.250 e. The van der Waals surface area contributed by atoms with Crippen LogP contribution in [0.5, 0.6) is 0 Å². The number of nitrogens with one attached hydrogen (secondary N) is 1. The van der Waals surface area contributed by atoms with E-state index in [9.17, 15) is 8.42 Å². The number of sulfonamides is 1. The standard InChI is InChI=1S/C9H12BrNO4S2/c10-7-1-2-9(16-7)17(12,13)11-4-3-8-14-5-6-15-8/h1-2,8,11H,3-6H2. The maximum absolute atomic E-state index is 11.8. The van der Waals surface area contributed by atoms with Gasteiger partial charge in [-0.2, -0.15) is 0 Å². The molecule has 0 bridgehead atoms. The van der Waals surface area contributed by atoms with E-state index in [1.165, 1.54) is 11.3 Å². The molecule has 96 valence electrons. The number of rotatable bonds is 5. The summed E-state index contributed by atoms with van der Waals surface area (Å²) in [5, 5.41) is 0. The van der Waals surface area contributed by atoms with Crippen molar-refractivity contribution in [2.75, 3.05) is 19.8 Å². The van der Waals surface area contributed by atoms with E-state index in [0.29, 0.717) is 30.4 Å². The summed E-state index contributed by atoms with van der Waals surface area (Å²) in [6.45, 7) is 1.47. The van der Waals surface area contributed by atoms with E-state index in [4.69, 9.17) is 9.47 Å². The minimum Gasteiger partial charge on any atom is -0.350 e. The summed E-state index contributed by atoms with van der Waals surface area (Å²) < 4.78 is 37.7. The molecule has 0 amide bonds. The summed E-state index contributed by atoms with van der Waals surface area (Å²) in [6.07, 6.45) is 0.235. The van der Waals surface area contributed by atoms with Gasteiger partial charge in [0.1, 0.15) is 4.21 Å². The summed E-state index contributed by atoms with van der Waals surface area (Å²) in [5.74, 6) is 0. The number of hydrogen-bond donors (Lipinski definition) is 1. The molecule has 1 aliphatic heterocycles. The smallest absolute Gasteiger partial charge is 0.250 e. The van der Waals surface area contributed by atoms with Gasteiger partial charge in [-0.1, -0.05) is 0 Å². The Morgan fingerprint density at radius 3 is 2.71 bits per heavy atom. The Labute approximate surface area is 112 Å². The molecule has 0 atom stereocenters. The van der Waals surface area contributed by atoms with Gasteiger partial charge in [-0.15, -0.1) is 11.3 Å². The van der Waals surface area contributed by atoms with Gasteiger partial charge in [0, 0.05) is 13.0 Å². The molecule has 1 fully saturated rings. The first-order valence-electron chi connectivity index (χ1n) is 5.06. The molecule has 0 spiro atoms. The fourth-order valence-corrected chi connectivity index (χ4v) is 4.50. The third-order valence-electron chi connectivity index (χ3n) is 2.18. The fraction of sp³-hybridized carbons (Fsp3) is 0.556. The van der Waals surface area contributed by atoms with Crippen molar-refractivity contribution >= 4 is 37.3 Å². The van der Waals surface area contributed by atoms with Crippen molar-refractivity contribution in [3.8, 4) is 0 Å². The Kier molecular flexibility index (Phi) is 4.56. The van der Waals surface area contributed by atoms with Crippen LogP contribution in [-0.2, 0) is 19.5 Å². The van der Waals surface area contributed by atoms with Crippen LogP contribution in [0.25, 0.3) is 0 Å². The summed E-state index contributed by atoms with van der Waals surface area (Å²) in [5.41, 5.74) is 0. The third-order valence-corrected chi connectivity index (χ3v) is 5.75. The zero-order chi connectivity index (χ0) is 12.3. The Balaban J connectivity index is 1.85. The molecule has 5 nitrogen and oxygen atoms in total. The molecule has 1 aromatic rings. The first kappa shape index (κ1) is 13.4. The molecule has 0 unspecified atom stereocenters. The van der Waals surface area contributed by atoms with E-state index in [2.05, 4.69) is 20.7 Å². The molecule has 17 heavy (non-hydrogen) atoms. The molecule has 0 saturated carbocycles. The van der Waals surface area contributed by atoms with Gasteiger partial charge in [0.15, 0.2) is 6.29 Å². The monoisotopic (exact) mass is 341 g/mol. The van der Waals surface area contributed by atoms with Crippen LogP contribution in [0.3, 0.4) is 0 Å². The van der Waals surface area contributed by atoms with Crippen LogP contribution in [-0.4, -0.2) is 34.5 Å². The zero-order valence-corrected chi connectivity index (χ0v) is 12.1. The van der Waals surface area contributed by atoms with Crippen LogP contribution in [0.15, 0.2) is 20.1 Å². The van der Waals surface area contributed by atoms with Crippen LogP contribution in [0.4, 0.5) is 0 Å². The van der Waals surface area contributed by atoms with Gasteiger partial charge < -0.3 is 9.47 Å². The van der Waals surface area contributed by atoms with E-state index in [0.717, 1.165) is 3.79 Å². The lowest BCUT2D eigenvalue weighted by Gasteiger charge is -2.09. The Hall–Kier alpha value is 0.01000. The zero-order valence-electron chi connectivity index (χ0n) is 8.89. The summed E-state index contributed by atoms with van der Waals surface area (Å²) in [6, 6.07) is 3.28. The lowest BCUT2D eigenvalue weighted by Crippen LogP contribution is -2.27. The maximum atomic E-state index is 11.8. The molecule has 2 rings (SSSR count). The third kappa shape index (κ3) is 3.73. The normalized spacial score (nSPS) is 17.7. The van der Waals surface area contributed by atoms with Gasteiger partial charge in [0.2, 0.25) is 10.0 Å².